The van der Waals surface area contributed by atoms with Crippen LogP contribution in [-0.2, 0) is 20.7 Å². The molecule has 0 aliphatic carbocycles. The Kier molecular flexibility index (Phi) is 5.95. The van der Waals surface area contributed by atoms with Crippen LogP contribution in [0.1, 0.15) is 24.0 Å². The number of hydrogen-bond acceptors (Lipinski definition) is 12. The molecule has 0 aromatic heterocycles. The average molecular weight is 515 g/mol. The van der Waals surface area contributed by atoms with Crippen LogP contribution >= 0.6 is 0 Å². The van der Waals surface area contributed by atoms with E-state index in [0.717, 1.165) is 16.0 Å². The molecule has 0 bridgehead atoms. The predicted molar refractivity (Wildman–Crippen MR) is 130 cm³/mol. The Hall–Kier alpha value is -3.91. The molecule has 198 valence electrons. The highest BCUT2D eigenvalue weighted by Gasteiger charge is 2.74. The number of aliphatic imine (C=N–C) groups is 2. The Morgan fingerprint density at radius 1 is 1.24 bits per heavy atom. The summed E-state index contributed by atoms with van der Waals surface area (Å²) in [6, 6.07) is 5.90. The van der Waals surface area contributed by atoms with E-state index in [-0.39, 0.29) is 56.2 Å². The van der Waals surface area contributed by atoms with Crippen molar-refractivity contribution in [2.45, 2.75) is 55.8 Å². The van der Waals surface area contributed by atoms with Gasteiger partial charge in [-0.15, -0.1) is 0 Å². The fourth-order valence-corrected chi connectivity index (χ4v) is 5.53. The third-order valence-corrected chi connectivity index (χ3v) is 7.29. The number of alkyl carbamates (subject to hydrolysis) is 1. The van der Waals surface area contributed by atoms with Crippen LogP contribution in [0.4, 0.5) is 4.79 Å². The summed E-state index contributed by atoms with van der Waals surface area (Å²) in [5, 5.41) is 28.2. The van der Waals surface area contributed by atoms with Crippen molar-refractivity contribution >= 4 is 29.8 Å². The molecule has 3 amide bonds. The Labute approximate surface area is 212 Å². The zero-order valence-corrected chi connectivity index (χ0v) is 20.3. The first-order valence-electron chi connectivity index (χ1n) is 12.0. The molecule has 14 nitrogen and oxygen atoms in total. The van der Waals surface area contributed by atoms with Crippen molar-refractivity contribution in [1.29, 1.82) is 0 Å². The minimum atomic E-state index is -2.71. The number of carbonyl (C=O) groups is 3. The standard InChI is InChI=1S/C23H30N8O6/c1-12-3-2-4-13(9-12)7-8-26-21(34)37-15-11-31-20(25)27-14(10-30-16(32)5-6-17(30)33)18-22(31,23(15,35)36)29-19(24)28-18/h2-4,9,14-15,18,35-36H,5-8,10-11H2,1H3,(H2,25,27)(H,26,34)(H3,24,28,29)/t14-,15-,18-,22-/m0/s1. The molecule has 37 heavy (non-hydrogen) atoms. The van der Waals surface area contributed by atoms with Crippen molar-refractivity contribution in [3.63, 3.8) is 0 Å². The molecule has 2 saturated heterocycles. The van der Waals surface area contributed by atoms with E-state index >= 15 is 0 Å². The lowest BCUT2D eigenvalue weighted by Gasteiger charge is -2.48. The van der Waals surface area contributed by atoms with Crippen molar-refractivity contribution in [3.8, 4) is 0 Å². The molecule has 14 heteroatoms. The van der Waals surface area contributed by atoms with Gasteiger partial charge in [-0.2, -0.15) is 0 Å². The summed E-state index contributed by atoms with van der Waals surface area (Å²) in [5.74, 6) is -3.63. The van der Waals surface area contributed by atoms with Crippen LogP contribution in [-0.4, -0.2) is 99.1 Å². The number of carbonyl (C=O) groups excluding carboxylic acids is 3. The second-order valence-corrected chi connectivity index (χ2v) is 9.70. The van der Waals surface area contributed by atoms with E-state index < -0.39 is 35.7 Å². The fourth-order valence-electron chi connectivity index (χ4n) is 5.53. The highest BCUT2D eigenvalue weighted by atomic mass is 16.6. The summed E-state index contributed by atoms with van der Waals surface area (Å²) in [6.45, 7) is 1.88. The van der Waals surface area contributed by atoms with Gasteiger partial charge < -0.3 is 42.0 Å². The van der Waals surface area contributed by atoms with Gasteiger partial charge in [-0.25, -0.2) is 14.8 Å². The summed E-state index contributed by atoms with van der Waals surface area (Å²) in [7, 11) is 0. The third kappa shape index (κ3) is 4.01. The maximum absolute atomic E-state index is 12.6. The molecule has 4 atom stereocenters. The number of imide groups is 1. The number of rotatable bonds is 6. The number of ether oxygens (including phenoxy) is 1. The van der Waals surface area contributed by atoms with Crippen LogP contribution in [0.15, 0.2) is 34.3 Å². The van der Waals surface area contributed by atoms with Gasteiger partial charge in [0, 0.05) is 19.4 Å². The molecule has 0 saturated carbocycles. The van der Waals surface area contributed by atoms with E-state index in [1.165, 1.54) is 4.90 Å². The average Bonchev–Trinajstić information content (AvgIpc) is 3.42. The largest absolute Gasteiger partial charge is 0.438 e. The topological polar surface area (TPSA) is 208 Å². The van der Waals surface area contributed by atoms with Gasteiger partial charge in [0.1, 0.15) is 6.04 Å². The van der Waals surface area contributed by atoms with Crippen molar-refractivity contribution < 1.29 is 29.3 Å². The molecule has 1 spiro atoms. The first-order chi connectivity index (χ1) is 17.5. The molecule has 4 aliphatic rings. The van der Waals surface area contributed by atoms with Crippen molar-refractivity contribution in [3.05, 3.63) is 35.4 Å². The molecule has 4 aliphatic heterocycles. The number of likely N-dealkylation sites (tertiary alicyclic amines) is 1. The highest BCUT2D eigenvalue weighted by Crippen LogP contribution is 2.45. The predicted octanol–water partition coefficient (Wildman–Crippen LogP) is -2.54. The number of amides is 3. The maximum atomic E-state index is 12.6. The van der Waals surface area contributed by atoms with Crippen LogP contribution in [0.3, 0.4) is 0 Å². The summed E-state index contributed by atoms with van der Waals surface area (Å²) >= 11 is 0. The summed E-state index contributed by atoms with van der Waals surface area (Å²) in [4.78, 5) is 48.1. The highest BCUT2D eigenvalue weighted by molar-refractivity contribution is 6.02. The number of nitrogens with two attached hydrogens (primary N) is 2. The number of guanidine groups is 2. The summed E-state index contributed by atoms with van der Waals surface area (Å²) in [5.41, 5.74) is 12.5. The molecule has 8 N–H and O–H groups in total. The van der Waals surface area contributed by atoms with Crippen LogP contribution < -0.4 is 22.1 Å². The molecule has 2 fully saturated rings. The van der Waals surface area contributed by atoms with Crippen LogP contribution in [0.2, 0.25) is 0 Å². The molecule has 0 unspecified atom stereocenters. The van der Waals surface area contributed by atoms with E-state index in [9.17, 15) is 24.6 Å². The van der Waals surface area contributed by atoms with Crippen LogP contribution in [0.5, 0.6) is 0 Å². The van der Waals surface area contributed by atoms with Crippen molar-refractivity contribution in [2.75, 3.05) is 19.6 Å². The number of benzene rings is 1. The van der Waals surface area contributed by atoms with E-state index in [1.54, 1.807) is 0 Å². The normalized spacial score (nSPS) is 29.9. The lowest BCUT2D eigenvalue weighted by molar-refractivity contribution is -0.256. The van der Waals surface area contributed by atoms with E-state index in [2.05, 4.69) is 20.6 Å². The SMILES string of the molecule is Cc1cccc(CCNC(=O)O[C@H]2CN3C(N)=N[C@@H](CN4C(=O)CCC4=O)[C@@H]4N=C(N)N[C@@]43C2(O)O)c1. The summed E-state index contributed by atoms with van der Waals surface area (Å²) in [6.07, 6.45) is -1.55. The Morgan fingerprint density at radius 3 is 2.68 bits per heavy atom. The van der Waals surface area contributed by atoms with E-state index in [0.29, 0.717) is 6.42 Å². The second kappa shape index (κ2) is 8.88. The quantitative estimate of drug-likeness (QED) is 0.173. The second-order valence-electron chi connectivity index (χ2n) is 9.70. The van der Waals surface area contributed by atoms with Crippen LogP contribution in [0, 0.1) is 6.92 Å². The van der Waals surface area contributed by atoms with E-state index in [1.807, 2.05) is 31.2 Å². The molecule has 5 rings (SSSR count). The monoisotopic (exact) mass is 514 g/mol. The minimum absolute atomic E-state index is 0.0924. The zero-order valence-electron chi connectivity index (χ0n) is 20.3. The van der Waals surface area contributed by atoms with Gasteiger partial charge in [0.25, 0.3) is 0 Å². The Bertz CT molecular complexity index is 1190. The lowest BCUT2D eigenvalue weighted by atomic mass is 9.85. The fraction of sp³-hybridized carbons (Fsp3) is 0.522. The Morgan fingerprint density at radius 2 is 1.97 bits per heavy atom. The lowest BCUT2D eigenvalue weighted by Crippen LogP contribution is -2.77. The van der Waals surface area contributed by atoms with Gasteiger partial charge in [-0.3, -0.25) is 14.5 Å². The molecule has 4 heterocycles. The van der Waals surface area contributed by atoms with Gasteiger partial charge in [0.15, 0.2) is 23.7 Å². The van der Waals surface area contributed by atoms with Crippen LogP contribution in [0.25, 0.3) is 0 Å². The number of aryl methyl sites for hydroxylation is 1. The van der Waals surface area contributed by atoms with E-state index in [4.69, 9.17) is 16.2 Å². The molecular weight excluding hydrogens is 484 g/mol. The number of hydrogen-bond donors (Lipinski definition) is 6. The van der Waals surface area contributed by atoms with Crippen molar-refractivity contribution in [1.82, 2.24) is 20.4 Å². The number of aliphatic hydroxyl groups is 2. The maximum Gasteiger partial charge on any atom is 0.407 e. The number of nitrogens with one attached hydrogen (secondary N) is 2. The van der Waals surface area contributed by atoms with Gasteiger partial charge in [-0.05, 0) is 18.9 Å². The van der Waals surface area contributed by atoms with Gasteiger partial charge in [-0.1, -0.05) is 29.8 Å². The number of nitrogens with zero attached hydrogens (tertiary/aromatic N) is 4. The molecule has 1 aromatic rings. The first-order valence-corrected chi connectivity index (χ1v) is 12.0. The smallest absolute Gasteiger partial charge is 0.407 e. The van der Waals surface area contributed by atoms with Crippen molar-refractivity contribution in [2.24, 2.45) is 21.5 Å². The molecular formula is C23H30N8O6. The van der Waals surface area contributed by atoms with Gasteiger partial charge in [0.2, 0.25) is 17.6 Å². The van der Waals surface area contributed by atoms with Gasteiger partial charge in [0.05, 0.1) is 19.1 Å². The third-order valence-electron chi connectivity index (χ3n) is 7.29. The summed E-state index contributed by atoms with van der Waals surface area (Å²) < 4.78 is 5.42. The molecule has 1 aromatic carbocycles. The zero-order chi connectivity index (χ0) is 26.5. The Balaban J connectivity index is 1.32. The molecule has 0 radical (unpaired) electrons. The van der Waals surface area contributed by atoms with Gasteiger partial charge >= 0.3 is 6.09 Å². The minimum Gasteiger partial charge on any atom is -0.438 e. The first kappa shape index (κ1) is 24.8.